The van der Waals surface area contributed by atoms with Crippen LogP contribution in [0, 0.1) is 31.3 Å². The Hall–Kier alpha value is -1.29. The molecule has 0 fully saturated rings. The predicted molar refractivity (Wildman–Crippen MR) is 73.0 cm³/mol. The van der Waals surface area contributed by atoms with E-state index in [0.29, 0.717) is 0 Å². The lowest BCUT2D eigenvalue weighted by molar-refractivity contribution is 0.442. The Morgan fingerprint density at radius 3 is 2.21 bits per heavy atom. The third kappa shape index (κ3) is 2.68. The van der Waals surface area contributed by atoms with Gasteiger partial charge in [-0.3, -0.25) is 0 Å². The molecule has 1 unspecified atom stereocenters. The first-order valence-corrected chi connectivity index (χ1v) is 6.68. The fourth-order valence-electron chi connectivity index (χ4n) is 1.84. The molecule has 2 rings (SSSR count). The minimum Gasteiger partial charge on any atom is -0.204 e. The van der Waals surface area contributed by atoms with E-state index in [1.54, 1.807) is 0 Å². The average molecular weight is 329 g/mol. The zero-order valence-corrected chi connectivity index (χ0v) is 12.1. The molecule has 2 aromatic rings. The molecule has 0 heterocycles. The van der Waals surface area contributed by atoms with Gasteiger partial charge in [0.05, 0.1) is 4.83 Å². The smallest absolute Gasteiger partial charge is 0.194 e. The highest BCUT2D eigenvalue weighted by Crippen LogP contribution is 2.34. The van der Waals surface area contributed by atoms with Crippen LogP contribution < -0.4 is 0 Å². The van der Waals surface area contributed by atoms with Gasteiger partial charge in [-0.25, -0.2) is 13.2 Å². The highest BCUT2D eigenvalue weighted by Gasteiger charge is 2.20. The summed E-state index contributed by atoms with van der Waals surface area (Å²) in [5.41, 5.74) is 3.06. The maximum atomic E-state index is 13.7. The Balaban J connectivity index is 2.47. The van der Waals surface area contributed by atoms with Gasteiger partial charge in [-0.15, -0.1) is 0 Å². The Morgan fingerprint density at radius 2 is 1.58 bits per heavy atom. The topological polar surface area (TPSA) is 0 Å². The normalized spacial score (nSPS) is 12.5. The quantitative estimate of drug-likeness (QED) is 0.524. The first-order chi connectivity index (χ1) is 8.91. The molecule has 0 aromatic heterocycles. The van der Waals surface area contributed by atoms with E-state index in [9.17, 15) is 13.2 Å². The third-order valence-electron chi connectivity index (χ3n) is 3.16. The minimum atomic E-state index is -1.44. The Bertz CT molecular complexity index is 623. The lowest BCUT2D eigenvalue weighted by Crippen LogP contribution is -2.02. The van der Waals surface area contributed by atoms with Crippen molar-refractivity contribution in [2.24, 2.45) is 0 Å². The van der Waals surface area contributed by atoms with E-state index >= 15 is 0 Å². The fourth-order valence-corrected chi connectivity index (χ4v) is 2.48. The van der Waals surface area contributed by atoms with Gasteiger partial charge < -0.3 is 0 Å². The van der Waals surface area contributed by atoms with E-state index in [-0.39, 0.29) is 5.56 Å². The molecule has 0 nitrogen and oxygen atoms in total. The lowest BCUT2D eigenvalue weighted by Gasteiger charge is -2.14. The highest BCUT2D eigenvalue weighted by molar-refractivity contribution is 9.09. The van der Waals surface area contributed by atoms with Crippen LogP contribution in [0.1, 0.15) is 27.1 Å². The molecule has 19 heavy (non-hydrogen) atoms. The maximum Gasteiger partial charge on any atom is 0.194 e. The van der Waals surface area contributed by atoms with E-state index < -0.39 is 22.3 Å². The zero-order valence-electron chi connectivity index (χ0n) is 10.5. The summed E-state index contributed by atoms with van der Waals surface area (Å²) in [6.07, 6.45) is 0. The van der Waals surface area contributed by atoms with E-state index in [4.69, 9.17) is 0 Å². The summed E-state index contributed by atoms with van der Waals surface area (Å²) in [6.45, 7) is 3.92. The molecular formula is C15H12BrF3. The van der Waals surface area contributed by atoms with Crippen molar-refractivity contribution in [3.05, 3.63) is 70.0 Å². The summed E-state index contributed by atoms with van der Waals surface area (Å²) in [5.74, 6) is -3.77. The van der Waals surface area contributed by atoms with Gasteiger partial charge in [-0.2, -0.15) is 0 Å². The standard InChI is InChI=1S/C15H12BrF3/c1-8-3-4-10(7-9(8)2)13(16)11-5-6-12(17)15(19)14(11)18/h3-7,13H,1-2H3. The molecule has 0 aliphatic carbocycles. The highest BCUT2D eigenvalue weighted by atomic mass is 79.9. The summed E-state index contributed by atoms with van der Waals surface area (Å²) >= 11 is 3.33. The molecule has 0 saturated heterocycles. The van der Waals surface area contributed by atoms with Crippen LogP contribution in [0.4, 0.5) is 13.2 Å². The molecule has 0 saturated carbocycles. The van der Waals surface area contributed by atoms with Crippen molar-refractivity contribution in [1.29, 1.82) is 0 Å². The predicted octanol–water partition coefficient (Wildman–Crippen LogP) is 5.21. The van der Waals surface area contributed by atoms with Gasteiger partial charge in [0, 0.05) is 5.56 Å². The van der Waals surface area contributed by atoms with Crippen LogP contribution in [0.5, 0.6) is 0 Å². The van der Waals surface area contributed by atoms with Crippen molar-refractivity contribution in [1.82, 2.24) is 0 Å². The SMILES string of the molecule is Cc1ccc(C(Br)c2ccc(F)c(F)c2F)cc1C. The molecule has 0 radical (unpaired) electrons. The zero-order chi connectivity index (χ0) is 14.2. The van der Waals surface area contributed by atoms with Gasteiger partial charge in [0.2, 0.25) is 0 Å². The van der Waals surface area contributed by atoms with Gasteiger partial charge in [-0.1, -0.05) is 40.2 Å². The number of benzene rings is 2. The van der Waals surface area contributed by atoms with E-state index in [1.807, 2.05) is 32.0 Å². The maximum absolute atomic E-state index is 13.7. The number of alkyl halides is 1. The largest absolute Gasteiger partial charge is 0.204 e. The summed E-state index contributed by atoms with van der Waals surface area (Å²) in [5, 5.41) is 0. The number of rotatable bonds is 2. The van der Waals surface area contributed by atoms with E-state index in [0.717, 1.165) is 22.8 Å². The minimum absolute atomic E-state index is 0.0853. The summed E-state index contributed by atoms with van der Waals surface area (Å²) in [7, 11) is 0. The van der Waals surface area contributed by atoms with E-state index in [2.05, 4.69) is 15.9 Å². The van der Waals surface area contributed by atoms with Crippen LogP contribution in [0.2, 0.25) is 0 Å². The molecule has 0 amide bonds. The van der Waals surface area contributed by atoms with Gasteiger partial charge in [-0.05, 0) is 36.6 Å². The van der Waals surface area contributed by atoms with Gasteiger partial charge in [0.25, 0.3) is 0 Å². The van der Waals surface area contributed by atoms with Crippen molar-refractivity contribution in [2.75, 3.05) is 0 Å². The molecule has 0 aliphatic rings. The molecular weight excluding hydrogens is 317 g/mol. The van der Waals surface area contributed by atoms with Gasteiger partial charge in [0.1, 0.15) is 0 Å². The number of hydrogen-bond donors (Lipinski definition) is 0. The first-order valence-electron chi connectivity index (χ1n) is 5.76. The van der Waals surface area contributed by atoms with Crippen LogP contribution in [0.15, 0.2) is 30.3 Å². The van der Waals surface area contributed by atoms with E-state index in [1.165, 1.54) is 6.07 Å². The number of aryl methyl sites for hydroxylation is 2. The summed E-state index contributed by atoms with van der Waals surface area (Å²) in [6, 6.07) is 7.83. The second-order valence-corrected chi connectivity index (χ2v) is 5.39. The molecule has 0 bridgehead atoms. The van der Waals surface area contributed by atoms with Crippen molar-refractivity contribution in [3.8, 4) is 0 Å². The fraction of sp³-hybridized carbons (Fsp3) is 0.200. The van der Waals surface area contributed by atoms with Crippen LogP contribution in [-0.4, -0.2) is 0 Å². The Kier molecular flexibility index (Phi) is 3.99. The number of halogens is 4. The van der Waals surface area contributed by atoms with Crippen molar-refractivity contribution in [3.63, 3.8) is 0 Å². The molecule has 0 aliphatic heterocycles. The molecule has 100 valence electrons. The van der Waals surface area contributed by atoms with Crippen LogP contribution in [0.25, 0.3) is 0 Å². The van der Waals surface area contributed by atoms with Crippen molar-refractivity contribution >= 4 is 15.9 Å². The second-order valence-electron chi connectivity index (χ2n) is 4.47. The molecule has 2 aromatic carbocycles. The third-order valence-corrected chi connectivity index (χ3v) is 4.18. The first kappa shape index (κ1) is 14.1. The van der Waals surface area contributed by atoms with Crippen LogP contribution in [-0.2, 0) is 0 Å². The summed E-state index contributed by atoms with van der Waals surface area (Å²) < 4.78 is 39.9. The van der Waals surface area contributed by atoms with Crippen molar-refractivity contribution in [2.45, 2.75) is 18.7 Å². The van der Waals surface area contributed by atoms with Gasteiger partial charge >= 0.3 is 0 Å². The lowest BCUT2D eigenvalue weighted by atomic mass is 10.00. The monoisotopic (exact) mass is 328 g/mol. The summed E-state index contributed by atoms with van der Waals surface area (Å²) in [4.78, 5) is -0.512. The van der Waals surface area contributed by atoms with Crippen LogP contribution in [0.3, 0.4) is 0 Å². The average Bonchev–Trinajstić information content (AvgIpc) is 2.39. The number of hydrogen-bond acceptors (Lipinski definition) is 0. The molecule has 0 N–H and O–H groups in total. The van der Waals surface area contributed by atoms with Gasteiger partial charge in [0.15, 0.2) is 17.5 Å². The Labute approximate surface area is 118 Å². The second kappa shape index (κ2) is 5.37. The molecule has 1 atom stereocenters. The van der Waals surface area contributed by atoms with Crippen molar-refractivity contribution < 1.29 is 13.2 Å². The molecule has 4 heteroatoms. The molecule has 0 spiro atoms. The van der Waals surface area contributed by atoms with Crippen LogP contribution >= 0.6 is 15.9 Å². The Morgan fingerprint density at radius 1 is 0.895 bits per heavy atom.